The summed E-state index contributed by atoms with van der Waals surface area (Å²) in [4.78, 5) is 16.8. The van der Waals surface area contributed by atoms with E-state index in [4.69, 9.17) is 5.11 Å². The van der Waals surface area contributed by atoms with Crippen molar-refractivity contribution in [3.63, 3.8) is 0 Å². The predicted octanol–water partition coefficient (Wildman–Crippen LogP) is 3.42. The number of aromatic carboxylic acids is 1. The molecule has 0 bridgehead atoms. The van der Waals surface area contributed by atoms with Gasteiger partial charge in [-0.05, 0) is 24.1 Å². The Morgan fingerprint density at radius 2 is 2.18 bits per heavy atom. The summed E-state index contributed by atoms with van der Waals surface area (Å²) in [5.74, 6) is -1.05. The molecular formula is C14H11F3N2O2S. The molecule has 1 aromatic heterocycles. The third kappa shape index (κ3) is 2.78. The molecule has 1 aliphatic rings. The fourth-order valence-electron chi connectivity index (χ4n) is 2.43. The maximum Gasteiger partial charge on any atom is 0.416 e. The maximum atomic E-state index is 12.8. The molecule has 2 aromatic rings. The number of halogens is 3. The van der Waals surface area contributed by atoms with E-state index >= 15 is 0 Å². The maximum absolute atomic E-state index is 12.8. The molecule has 3 rings (SSSR count). The number of hydrogen-bond donors (Lipinski definition) is 1. The van der Waals surface area contributed by atoms with Crippen LogP contribution in [-0.4, -0.2) is 22.6 Å². The first kappa shape index (κ1) is 14.8. The van der Waals surface area contributed by atoms with Crippen molar-refractivity contribution >= 4 is 23.0 Å². The van der Waals surface area contributed by atoms with Crippen molar-refractivity contribution in [3.8, 4) is 0 Å². The molecule has 0 aliphatic carbocycles. The van der Waals surface area contributed by atoms with Crippen molar-refractivity contribution in [3.05, 3.63) is 45.4 Å². The van der Waals surface area contributed by atoms with Gasteiger partial charge in [0.15, 0.2) is 0 Å². The van der Waals surface area contributed by atoms with Gasteiger partial charge in [0.2, 0.25) is 0 Å². The molecular weight excluding hydrogens is 317 g/mol. The molecule has 0 amide bonds. The summed E-state index contributed by atoms with van der Waals surface area (Å²) in [6.07, 6.45) is -2.43. The Morgan fingerprint density at radius 3 is 2.82 bits per heavy atom. The smallest absolute Gasteiger partial charge is 0.416 e. The van der Waals surface area contributed by atoms with Crippen molar-refractivity contribution in [1.82, 2.24) is 4.98 Å². The van der Waals surface area contributed by atoms with Crippen LogP contribution in [0.15, 0.2) is 24.4 Å². The van der Waals surface area contributed by atoms with E-state index < -0.39 is 17.7 Å². The zero-order chi connectivity index (χ0) is 15.9. The van der Waals surface area contributed by atoms with Crippen LogP contribution in [0.5, 0.6) is 0 Å². The summed E-state index contributed by atoms with van der Waals surface area (Å²) in [6.45, 7) is 0.908. The molecule has 0 saturated carbocycles. The van der Waals surface area contributed by atoms with Crippen LogP contribution in [0.2, 0.25) is 0 Å². The van der Waals surface area contributed by atoms with Gasteiger partial charge in [0.05, 0.1) is 18.3 Å². The molecule has 22 heavy (non-hydrogen) atoms. The highest BCUT2D eigenvalue weighted by atomic mass is 32.1. The van der Waals surface area contributed by atoms with Gasteiger partial charge in [0.1, 0.15) is 9.88 Å². The number of aromatic nitrogens is 1. The molecule has 0 saturated heterocycles. The molecule has 0 spiro atoms. The topological polar surface area (TPSA) is 53.4 Å². The highest BCUT2D eigenvalue weighted by Gasteiger charge is 2.32. The van der Waals surface area contributed by atoms with Gasteiger partial charge < -0.3 is 10.0 Å². The van der Waals surface area contributed by atoms with E-state index in [1.807, 2.05) is 0 Å². The van der Waals surface area contributed by atoms with E-state index in [0.717, 1.165) is 29.0 Å². The Hall–Kier alpha value is -2.09. The Kier molecular flexibility index (Phi) is 3.56. The van der Waals surface area contributed by atoms with E-state index in [9.17, 15) is 18.0 Å². The summed E-state index contributed by atoms with van der Waals surface area (Å²) in [5.41, 5.74) is 0.730. The number of anilines is 1. The number of carboxylic acid groups (broad SMARTS) is 1. The minimum Gasteiger partial charge on any atom is -0.477 e. The van der Waals surface area contributed by atoms with Crippen molar-refractivity contribution in [2.24, 2.45) is 0 Å². The monoisotopic (exact) mass is 328 g/mol. The minimum atomic E-state index is -4.37. The molecule has 0 atom stereocenters. The van der Waals surface area contributed by atoms with Crippen molar-refractivity contribution in [2.75, 3.05) is 11.4 Å². The number of nitrogens with zero attached hydrogens (tertiary/aromatic N) is 2. The molecule has 1 aliphatic heterocycles. The van der Waals surface area contributed by atoms with Crippen LogP contribution in [0.1, 0.15) is 25.8 Å². The lowest BCUT2D eigenvalue weighted by molar-refractivity contribution is -0.137. The number of benzene rings is 1. The lowest BCUT2D eigenvalue weighted by Gasteiger charge is -2.19. The van der Waals surface area contributed by atoms with Gasteiger partial charge in [0.25, 0.3) is 0 Å². The third-order valence-electron chi connectivity index (χ3n) is 3.49. The van der Waals surface area contributed by atoms with Gasteiger partial charge in [-0.1, -0.05) is 6.07 Å². The van der Waals surface area contributed by atoms with Gasteiger partial charge >= 0.3 is 12.1 Å². The number of hydrogen-bond acceptors (Lipinski definition) is 4. The molecule has 2 heterocycles. The fraction of sp³-hybridized carbons (Fsp3) is 0.286. The van der Waals surface area contributed by atoms with Gasteiger partial charge in [-0.2, -0.15) is 13.2 Å². The molecule has 0 fully saturated rings. The largest absolute Gasteiger partial charge is 0.477 e. The summed E-state index contributed by atoms with van der Waals surface area (Å²) in [6, 6.07) is 3.74. The van der Waals surface area contributed by atoms with Gasteiger partial charge in [-0.25, -0.2) is 9.78 Å². The van der Waals surface area contributed by atoms with Crippen LogP contribution >= 0.6 is 11.3 Å². The van der Waals surface area contributed by atoms with Crippen molar-refractivity contribution in [2.45, 2.75) is 19.1 Å². The quantitative estimate of drug-likeness (QED) is 0.938. The molecule has 0 radical (unpaired) electrons. The van der Waals surface area contributed by atoms with E-state index in [2.05, 4.69) is 4.98 Å². The van der Waals surface area contributed by atoms with Gasteiger partial charge in [-0.15, -0.1) is 11.3 Å². The Balaban J connectivity index is 1.85. The van der Waals surface area contributed by atoms with Crippen LogP contribution in [0.3, 0.4) is 0 Å². The van der Waals surface area contributed by atoms with Crippen molar-refractivity contribution in [1.29, 1.82) is 0 Å². The second kappa shape index (κ2) is 5.28. The number of carbonyl (C=O) groups is 1. The van der Waals surface area contributed by atoms with E-state index in [1.165, 1.54) is 12.3 Å². The Labute approximate surface area is 127 Å². The molecule has 0 unspecified atom stereocenters. The molecule has 1 aromatic carbocycles. The van der Waals surface area contributed by atoms with E-state index in [0.29, 0.717) is 30.2 Å². The Bertz CT molecular complexity index is 727. The predicted molar refractivity (Wildman–Crippen MR) is 75.3 cm³/mol. The standard InChI is InChI=1S/C14H11F3N2O2S/c15-14(16,17)9-2-1-8-3-4-19(10(8)5-9)7-12-18-6-11(22-12)13(20)21/h1-2,5-6H,3-4,7H2,(H,20,21). The fourth-order valence-corrected chi connectivity index (χ4v) is 3.20. The summed E-state index contributed by atoms with van der Waals surface area (Å²) >= 11 is 1.04. The minimum absolute atomic E-state index is 0.124. The summed E-state index contributed by atoms with van der Waals surface area (Å²) in [5, 5.41) is 9.45. The van der Waals surface area contributed by atoms with Crippen LogP contribution in [0.25, 0.3) is 0 Å². The van der Waals surface area contributed by atoms with Crippen LogP contribution in [0.4, 0.5) is 18.9 Å². The number of rotatable bonds is 3. The third-order valence-corrected chi connectivity index (χ3v) is 4.46. The highest BCUT2D eigenvalue weighted by Crippen LogP contribution is 2.36. The summed E-state index contributed by atoms with van der Waals surface area (Å²) in [7, 11) is 0. The average molecular weight is 328 g/mol. The molecule has 116 valence electrons. The first-order valence-corrected chi connectivity index (χ1v) is 7.29. The summed E-state index contributed by atoms with van der Waals surface area (Å²) < 4.78 is 38.4. The number of alkyl halides is 3. The van der Waals surface area contributed by atoms with Crippen LogP contribution in [-0.2, 0) is 19.1 Å². The van der Waals surface area contributed by atoms with Gasteiger partial charge in [-0.3, -0.25) is 0 Å². The number of thiazole rings is 1. The first-order valence-electron chi connectivity index (χ1n) is 6.47. The van der Waals surface area contributed by atoms with E-state index in [1.54, 1.807) is 4.90 Å². The van der Waals surface area contributed by atoms with Crippen LogP contribution in [0, 0.1) is 0 Å². The highest BCUT2D eigenvalue weighted by molar-refractivity contribution is 7.13. The Morgan fingerprint density at radius 1 is 1.41 bits per heavy atom. The van der Waals surface area contributed by atoms with E-state index in [-0.39, 0.29) is 4.88 Å². The van der Waals surface area contributed by atoms with Gasteiger partial charge in [0, 0.05) is 12.2 Å². The second-order valence-electron chi connectivity index (χ2n) is 4.94. The molecule has 4 nitrogen and oxygen atoms in total. The number of carboxylic acids is 1. The normalized spacial score (nSPS) is 14.2. The average Bonchev–Trinajstić information content (AvgIpc) is 3.05. The van der Waals surface area contributed by atoms with Crippen LogP contribution < -0.4 is 4.90 Å². The lowest BCUT2D eigenvalue weighted by atomic mass is 10.1. The number of fused-ring (bicyclic) bond motifs is 1. The molecule has 8 heteroatoms. The second-order valence-corrected chi connectivity index (χ2v) is 6.05. The lowest BCUT2D eigenvalue weighted by Crippen LogP contribution is -2.20. The zero-order valence-corrected chi connectivity index (χ0v) is 12.0. The molecule has 1 N–H and O–H groups in total. The SMILES string of the molecule is O=C(O)c1cnc(CN2CCc3ccc(C(F)(F)F)cc32)s1. The first-order chi connectivity index (χ1) is 10.3. The zero-order valence-electron chi connectivity index (χ0n) is 11.2. The van der Waals surface area contributed by atoms with Crippen molar-refractivity contribution < 1.29 is 23.1 Å².